The van der Waals surface area contributed by atoms with Gasteiger partial charge >= 0.3 is 12.1 Å². The number of carbonyl (C=O) groups excluding carboxylic acids is 1. The van der Waals surface area contributed by atoms with Gasteiger partial charge in [0.15, 0.2) is 0 Å². The number of unbranched alkanes of at least 4 members (excludes halogenated alkanes) is 3. The summed E-state index contributed by atoms with van der Waals surface area (Å²) in [6.45, 7) is 12.3. The Morgan fingerprint density at radius 1 is 1.30 bits per heavy atom. The zero-order valence-corrected chi connectivity index (χ0v) is 12.7. The molecular weight excluding hydrogens is 258 g/mol. The van der Waals surface area contributed by atoms with Crippen molar-refractivity contribution in [2.75, 3.05) is 0 Å². The van der Waals surface area contributed by atoms with Gasteiger partial charge in [-0.25, -0.2) is 4.79 Å². The molecule has 5 heteroatoms. The minimum atomic E-state index is -1.06. The lowest BCUT2D eigenvalue weighted by atomic mass is 10.1. The van der Waals surface area contributed by atoms with Crippen molar-refractivity contribution in [3.8, 4) is 0 Å². The molecule has 0 aromatic rings. The van der Waals surface area contributed by atoms with E-state index in [1.165, 1.54) is 0 Å². The van der Waals surface area contributed by atoms with Gasteiger partial charge in [-0.2, -0.15) is 4.79 Å². The van der Waals surface area contributed by atoms with Crippen LogP contribution in [0.25, 0.3) is 0 Å². The molecule has 1 N–H and O–H groups in total. The van der Waals surface area contributed by atoms with Gasteiger partial charge in [0.1, 0.15) is 12.3 Å². The molecule has 0 aliphatic carbocycles. The van der Waals surface area contributed by atoms with Crippen LogP contribution in [0.15, 0.2) is 12.7 Å². The Labute approximate surface area is 120 Å². The van der Waals surface area contributed by atoms with Crippen molar-refractivity contribution in [3.63, 3.8) is 0 Å². The zero-order chi connectivity index (χ0) is 15.8. The van der Waals surface area contributed by atoms with Crippen LogP contribution in [0.1, 0.15) is 52.9 Å². The minimum absolute atomic E-state index is 0.370. The van der Waals surface area contributed by atoms with E-state index in [2.05, 4.69) is 13.3 Å². The molecule has 0 aromatic carbocycles. The Balaban J connectivity index is 4.44. The van der Waals surface area contributed by atoms with Crippen LogP contribution in [0.4, 0.5) is 4.79 Å². The van der Waals surface area contributed by atoms with E-state index in [4.69, 9.17) is 4.74 Å². The van der Waals surface area contributed by atoms with Gasteiger partial charge in [0.2, 0.25) is 0 Å². The fourth-order valence-electron chi connectivity index (χ4n) is 1.66. The van der Waals surface area contributed by atoms with Crippen molar-refractivity contribution < 1.29 is 24.0 Å². The number of carbonyl (C=O) groups is 2. The highest BCUT2D eigenvalue weighted by Crippen LogP contribution is 2.12. The van der Waals surface area contributed by atoms with E-state index in [0.29, 0.717) is 6.42 Å². The maximum atomic E-state index is 11.8. The van der Waals surface area contributed by atoms with Gasteiger partial charge in [0.25, 0.3) is 6.04 Å². The van der Waals surface area contributed by atoms with Crippen LogP contribution in [0.2, 0.25) is 0 Å². The van der Waals surface area contributed by atoms with Gasteiger partial charge in [0.05, 0.1) is 0 Å². The first-order valence-electron chi connectivity index (χ1n) is 6.85. The standard InChI is InChI=1S/C15H25NO4/c1-6-7-8-9-10-11-12(13(17)18)16(5)14(19)20-15(2,3)4/h6,12H,1,5,7-11H2,2-4H3/p+1. The molecule has 1 unspecified atom stereocenters. The van der Waals surface area contributed by atoms with Crippen molar-refractivity contribution in [2.24, 2.45) is 0 Å². The number of hydrogen-bond donors (Lipinski definition) is 1. The number of rotatable bonds is 8. The largest absolute Gasteiger partial charge is 0.597 e. The molecule has 20 heavy (non-hydrogen) atoms. The van der Waals surface area contributed by atoms with Crippen LogP contribution in [0.3, 0.4) is 0 Å². The number of ether oxygens (including phenoxy) is 1. The normalized spacial score (nSPS) is 12.6. The number of amides is 1. The molecule has 114 valence electrons. The fraction of sp³-hybridized carbons (Fsp3) is 0.667. The second-order valence-corrected chi connectivity index (χ2v) is 5.73. The second-order valence-electron chi connectivity index (χ2n) is 5.73. The maximum Gasteiger partial charge on any atom is 0.597 e. The van der Waals surface area contributed by atoms with Gasteiger partial charge in [-0.05, 0) is 40.0 Å². The molecule has 0 aromatic heterocycles. The predicted molar refractivity (Wildman–Crippen MR) is 78.3 cm³/mol. The monoisotopic (exact) mass is 284 g/mol. The summed E-state index contributed by atoms with van der Waals surface area (Å²) in [6.07, 6.45) is 5.00. The van der Waals surface area contributed by atoms with E-state index in [9.17, 15) is 14.7 Å². The van der Waals surface area contributed by atoms with Gasteiger partial charge in [-0.3, -0.25) is 0 Å². The van der Waals surface area contributed by atoms with E-state index in [1.54, 1.807) is 20.8 Å². The summed E-state index contributed by atoms with van der Waals surface area (Å²) < 4.78 is 6.04. The number of carboxylic acids is 1. The highest BCUT2D eigenvalue weighted by molar-refractivity contribution is 5.75. The topological polar surface area (TPSA) is 66.6 Å². The van der Waals surface area contributed by atoms with E-state index in [-0.39, 0.29) is 0 Å². The molecule has 0 saturated carbocycles. The first kappa shape index (κ1) is 18.4. The van der Waals surface area contributed by atoms with Crippen LogP contribution in [0, 0.1) is 0 Å². The highest BCUT2D eigenvalue weighted by atomic mass is 16.6. The Kier molecular flexibility index (Phi) is 7.80. The number of carboxylic acid groups (broad SMARTS) is 1. The molecule has 5 nitrogen and oxygen atoms in total. The molecule has 0 heterocycles. The second kappa shape index (κ2) is 8.51. The zero-order valence-electron chi connectivity index (χ0n) is 12.7. The fourth-order valence-corrected chi connectivity index (χ4v) is 1.66. The number of nitrogens with zero attached hydrogens (tertiary/aromatic N) is 1. The summed E-state index contributed by atoms with van der Waals surface area (Å²) in [5.41, 5.74) is -0.667. The molecule has 0 bridgehead atoms. The molecule has 0 saturated heterocycles. The number of aliphatic carboxylic acids is 1. The summed E-state index contributed by atoms with van der Waals surface area (Å²) in [4.78, 5) is 23.0. The molecular formula is C15H26NO4+. The molecule has 0 aliphatic rings. The lowest BCUT2D eigenvalue weighted by Crippen LogP contribution is -2.40. The van der Waals surface area contributed by atoms with Crippen molar-refractivity contribution in [1.82, 2.24) is 0 Å². The molecule has 0 fully saturated rings. The summed E-state index contributed by atoms with van der Waals surface area (Å²) in [5, 5.41) is 9.19. The molecule has 0 radical (unpaired) electrons. The van der Waals surface area contributed by atoms with Gasteiger partial charge in [0, 0.05) is 6.42 Å². The third kappa shape index (κ3) is 7.71. The average Bonchev–Trinajstić information content (AvgIpc) is 2.30. The van der Waals surface area contributed by atoms with Crippen LogP contribution < -0.4 is 0 Å². The molecule has 0 rings (SSSR count). The Morgan fingerprint density at radius 3 is 2.35 bits per heavy atom. The quantitative estimate of drug-likeness (QED) is 0.321. The van der Waals surface area contributed by atoms with E-state index in [1.807, 2.05) is 6.08 Å². The minimum Gasteiger partial charge on any atom is -0.476 e. The highest BCUT2D eigenvalue weighted by Gasteiger charge is 2.36. The van der Waals surface area contributed by atoms with E-state index >= 15 is 0 Å². The van der Waals surface area contributed by atoms with Crippen molar-refractivity contribution in [2.45, 2.75) is 64.5 Å². The smallest absolute Gasteiger partial charge is 0.476 e. The van der Waals surface area contributed by atoms with Crippen molar-refractivity contribution >= 4 is 18.8 Å². The predicted octanol–water partition coefficient (Wildman–Crippen LogP) is 3.22. The Hall–Kier alpha value is -1.65. The van der Waals surface area contributed by atoms with E-state index < -0.39 is 23.7 Å². The first-order valence-corrected chi connectivity index (χ1v) is 6.85. The molecule has 1 atom stereocenters. The van der Waals surface area contributed by atoms with Crippen molar-refractivity contribution in [1.29, 1.82) is 0 Å². The average molecular weight is 284 g/mol. The van der Waals surface area contributed by atoms with E-state index in [0.717, 1.165) is 30.3 Å². The van der Waals surface area contributed by atoms with Gasteiger partial charge in [-0.1, -0.05) is 12.5 Å². The molecule has 1 amide bonds. The maximum absolute atomic E-state index is 11.8. The Morgan fingerprint density at radius 2 is 1.90 bits per heavy atom. The summed E-state index contributed by atoms with van der Waals surface area (Å²) in [5.74, 6) is -1.06. The third-order valence-corrected chi connectivity index (χ3v) is 2.68. The van der Waals surface area contributed by atoms with Crippen molar-refractivity contribution in [3.05, 3.63) is 12.7 Å². The third-order valence-electron chi connectivity index (χ3n) is 2.68. The summed E-state index contributed by atoms with van der Waals surface area (Å²) in [7, 11) is 0. The van der Waals surface area contributed by atoms with Gasteiger partial charge in [-0.15, -0.1) is 11.2 Å². The summed E-state index contributed by atoms with van der Waals surface area (Å²) in [6, 6.07) is -0.950. The number of hydrogen-bond acceptors (Lipinski definition) is 3. The lowest BCUT2D eigenvalue weighted by molar-refractivity contribution is -0.473. The SMILES string of the molecule is C=CCCCCCC(C(=O)O)[N+](=C)C(=O)OC(C)(C)C. The Bertz CT molecular complexity index is 369. The van der Waals surface area contributed by atoms with Crippen LogP contribution in [-0.2, 0) is 9.53 Å². The first-order chi connectivity index (χ1) is 9.19. The van der Waals surface area contributed by atoms with Gasteiger partial charge < -0.3 is 9.84 Å². The van der Waals surface area contributed by atoms with Crippen LogP contribution in [0.5, 0.6) is 0 Å². The summed E-state index contributed by atoms with van der Waals surface area (Å²) >= 11 is 0. The van der Waals surface area contributed by atoms with Crippen LogP contribution in [-0.4, -0.2) is 40.1 Å². The van der Waals surface area contributed by atoms with Crippen LogP contribution >= 0.6 is 0 Å². The molecule has 0 aliphatic heterocycles. The number of allylic oxidation sites excluding steroid dienone is 1. The lowest BCUT2D eigenvalue weighted by Gasteiger charge is -2.18. The molecule has 0 spiro atoms.